The van der Waals surface area contributed by atoms with Gasteiger partial charge in [0.25, 0.3) is 0 Å². The van der Waals surface area contributed by atoms with E-state index in [1.807, 2.05) is 0 Å². The van der Waals surface area contributed by atoms with Crippen molar-refractivity contribution in [3.63, 3.8) is 0 Å². The van der Waals surface area contributed by atoms with E-state index in [2.05, 4.69) is 35.8 Å². The SMILES string of the molecule is CC(C)N1CCOC(c2noc(C3(C)CCCC3N)n2)C1. The monoisotopic (exact) mass is 294 g/mol. The van der Waals surface area contributed by atoms with Crippen molar-refractivity contribution < 1.29 is 9.26 Å². The Morgan fingerprint density at radius 3 is 2.90 bits per heavy atom. The molecule has 0 bridgehead atoms. The number of aromatic nitrogens is 2. The van der Waals surface area contributed by atoms with E-state index in [0.29, 0.717) is 24.4 Å². The second kappa shape index (κ2) is 5.66. The number of hydrogen-bond donors (Lipinski definition) is 1. The quantitative estimate of drug-likeness (QED) is 0.913. The van der Waals surface area contributed by atoms with Gasteiger partial charge >= 0.3 is 0 Å². The number of rotatable bonds is 3. The molecule has 118 valence electrons. The fraction of sp³-hybridized carbons (Fsp3) is 0.867. The molecule has 3 atom stereocenters. The van der Waals surface area contributed by atoms with Crippen molar-refractivity contribution in [1.82, 2.24) is 15.0 Å². The molecule has 1 saturated heterocycles. The Hall–Kier alpha value is -0.980. The van der Waals surface area contributed by atoms with Crippen LogP contribution in [0.1, 0.15) is 57.9 Å². The van der Waals surface area contributed by atoms with E-state index in [0.717, 1.165) is 32.4 Å². The van der Waals surface area contributed by atoms with Crippen molar-refractivity contribution in [2.24, 2.45) is 5.73 Å². The lowest BCUT2D eigenvalue weighted by Gasteiger charge is -2.34. The zero-order chi connectivity index (χ0) is 15.0. The zero-order valence-corrected chi connectivity index (χ0v) is 13.2. The lowest BCUT2D eigenvalue weighted by molar-refractivity contribution is -0.0450. The van der Waals surface area contributed by atoms with Crippen molar-refractivity contribution >= 4 is 0 Å². The van der Waals surface area contributed by atoms with E-state index >= 15 is 0 Å². The summed E-state index contributed by atoms with van der Waals surface area (Å²) < 4.78 is 11.4. The summed E-state index contributed by atoms with van der Waals surface area (Å²) in [5, 5.41) is 4.16. The highest BCUT2D eigenvalue weighted by atomic mass is 16.5. The molecule has 2 N–H and O–H groups in total. The van der Waals surface area contributed by atoms with Crippen molar-refractivity contribution in [1.29, 1.82) is 0 Å². The lowest BCUT2D eigenvalue weighted by atomic mass is 9.85. The van der Waals surface area contributed by atoms with Crippen molar-refractivity contribution in [3.05, 3.63) is 11.7 Å². The van der Waals surface area contributed by atoms with Crippen LogP contribution in [0.5, 0.6) is 0 Å². The van der Waals surface area contributed by atoms with Crippen LogP contribution in [0, 0.1) is 0 Å². The number of ether oxygens (including phenoxy) is 1. The third kappa shape index (κ3) is 2.72. The predicted molar refractivity (Wildman–Crippen MR) is 78.9 cm³/mol. The molecule has 6 nitrogen and oxygen atoms in total. The maximum Gasteiger partial charge on any atom is 0.234 e. The highest BCUT2D eigenvalue weighted by molar-refractivity contribution is 5.12. The minimum atomic E-state index is -0.183. The van der Waals surface area contributed by atoms with Crippen LogP contribution in [-0.4, -0.2) is 46.8 Å². The number of nitrogens with zero attached hydrogens (tertiary/aromatic N) is 3. The van der Waals surface area contributed by atoms with E-state index in [1.54, 1.807) is 0 Å². The minimum Gasteiger partial charge on any atom is -0.367 e. The van der Waals surface area contributed by atoms with Gasteiger partial charge in [-0.25, -0.2) is 0 Å². The molecule has 1 aliphatic carbocycles. The third-order valence-corrected chi connectivity index (χ3v) is 5.08. The molecule has 2 heterocycles. The summed E-state index contributed by atoms with van der Waals surface area (Å²) in [6.45, 7) is 9.01. The molecule has 1 aromatic heterocycles. The van der Waals surface area contributed by atoms with Crippen LogP contribution in [0.2, 0.25) is 0 Å². The molecule has 1 saturated carbocycles. The van der Waals surface area contributed by atoms with Crippen LogP contribution in [0.3, 0.4) is 0 Å². The first-order valence-corrected chi connectivity index (χ1v) is 7.96. The second-order valence-corrected chi connectivity index (χ2v) is 6.82. The largest absolute Gasteiger partial charge is 0.367 e. The van der Waals surface area contributed by atoms with E-state index in [4.69, 9.17) is 15.0 Å². The Morgan fingerprint density at radius 2 is 2.24 bits per heavy atom. The summed E-state index contributed by atoms with van der Waals surface area (Å²) in [7, 11) is 0. The summed E-state index contributed by atoms with van der Waals surface area (Å²) in [6.07, 6.45) is 3.06. The normalized spacial score (nSPS) is 34.7. The van der Waals surface area contributed by atoms with Crippen molar-refractivity contribution in [3.8, 4) is 0 Å². The zero-order valence-electron chi connectivity index (χ0n) is 13.2. The van der Waals surface area contributed by atoms with Crippen LogP contribution >= 0.6 is 0 Å². The first-order chi connectivity index (χ1) is 10.0. The molecule has 3 rings (SSSR count). The van der Waals surface area contributed by atoms with Gasteiger partial charge in [0, 0.05) is 25.2 Å². The fourth-order valence-corrected chi connectivity index (χ4v) is 3.35. The maximum absolute atomic E-state index is 6.23. The first-order valence-electron chi connectivity index (χ1n) is 7.96. The summed E-state index contributed by atoms with van der Waals surface area (Å²) in [5.74, 6) is 1.34. The van der Waals surface area contributed by atoms with Gasteiger partial charge in [0.15, 0.2) is 0 Å². The van der Waals surface area contributed by atoms with Crippen LogP contribution in [0.15, 0.2) is 4.52 Å². The van der Waals surface area contributed by atoms with E-state index in [-0.39, 0.29) is 17.6 Å². The van der Waals surface area contributed by atoms with Crippen LogP contribution in [-0.2, 0) is 10.2 Å². The molecule has 6 heteroatoms. The maximum atomic E-state index is 6.23. The molecule has 21 heavy (non-hydrogen) atoms. The lowest BCUT2D eigenvalue weighted by Crippen LogP contribution is -2.42. The minimum absolute atomic E-state index is 0.0973. The van der Waals surface area contributed by atoms with Gasteiger partial charge in [-0.15, -0.1) is 0 Å². The Balaban J connectivity index is 1.76. The smallest absolute Gasteiger partial charge is 0.234 e. The highest BCUT2D eigenvalue weighted by Gasteiger charge is 2.43. The van der Waals surface area contributed by atoms with Crippen LogP contribution in [0.4, 0.5) is 0 Å². The summed E-state index contributed by atoms with van der Waals surface area (Å²) >= 11 is 0. The molecule has 1 aliphatic heterocycles. The van der Waals surface area contributed by atoms with E-state index in [9.17, 15) is 0 Å². The van der Waals surface area contributed by atoms with Gasteiger partial charge in [0.1, 0.15) is 6.10 Å². The molecule has 0 aromatic carbocycles. The Morgan fingerprint density at radius 1 is 1.43 bits per heavy atom. The highest BCUT2D eigenvalue weighted by Crippen LogP contribution is 2.39. The number of nitrogens with two attached hydrogens (primary N) is 1. The van der Waals surface area contributed by atoms with Gasteiger partial charge in [0.05, 0.1) is 12.0 Å². The summed E-state index contributed by atoms with van der Waals surface area (Å²) in [5.41, 5.74) is 6.04. The molecule has 0 spiro atoms. The van der Waals surface area contributed by atoms with E-state index in [1.165, 1.54) is 0 Å². The molecule has 0 amide bonds. The van der Waals surface area contributed by atoms with Gasteiger partial charge in [0.2, 0.25) is 11.7 Å². The van der Waals surface area contributed by atoms with Gasteiger partial charge < -0.3 is 15.0 Å². The van der Waals surface area contributed by atoms with Gasteiger partial charge in [-0.2, -0.15) is 4.98 Å². The summed E-state index contributed by atoms with van der Waals surface area (Å²) in [6, 6.07) is 0.605. The molecule has 1 aromatic rings. The van der Waals surface area contributed by atoms with Crippen molar-refractivity contribution in [2.45, 2.75) is 63.6 Å². The Labute approximate surface area is 126 Å². The van der Waals surface area contributed by atoms with Crippen LogP contribution < -0.4 is 5.73 Å². The summed E-state index contributed by atoms with van der Waals surface area (Å²) in [4.78, 5) is 7.00. The van der Waals surface area contributed by atoms with Gasteiger partial charge in [-0.1, -0.05) is 11.6 Å². The third-order valence-electron chi connectivity index (χ3n) is 5.08. The Kier molecular flexibility index (Phi) is 4.03. The topological polar surface area (TPSA) is 77.4 Å². The fourth-order valence-electron chi connectivity index (χ4n) is 3.35. The van der Waals surface area contributed by atoms with Gasteiger partial charge in [-0.05, 0) is 33.6 Å². The van der Waals surface area contributed by atoms with Crippen molar-refractivity contribution in [2.75, 3.05) is 19.7 Å². The molecule has 2 fully saturated rings. The standard InChI is InChI=1S/C15H26N4O2/c1-10(2)19-7-8-20-11(9-19)13-17-14(21-18-13)15(3)6-4-5-12(15)16/h10-12H,4-9,16H2,1-3H3. The molecule has 0 radical (unpaired) electrons. The average molecular weight is 294 g/mol. The molecular formula is C15H26N4O2. The second-order valence-electron chi connectivity index (χ2n) is 6.82. The van der Waals surface area contributed by atoms with Crippen LogP contribution in [0.25, 0.3) is 0 Å². The predicted octanol–water partition coefficient (Wildman–Crippen LogP) is 1.62. The first kappa shape index (κ1) is 14.9. The molecular weight excluding hydrogens is 268 g/mol. The van der Waals surface area contributed by atoms with E-state index < -0.39 is 0 Å². The molecule has 2 aliphatic rings. The van der Waals surface area contributed by atoms with Gasteiger partial charge in [-0.3, -0.25) is 4.90 Å². The Bertz CT molecular complexity index is 490. The molecule has 3 unspecified atom stereocenters. The number of morpholine rings is 1. The number of hydrogen-bond acceptors (Lipinski definition) is 6. The average Bonchev–Trinajstić information content (AvgIpc) is 3.08.